The van der Waals surface area contributed by atoms with Crippen LogP contribution in [0.25, 0.3) is 0 Å². The largest absolute Gasteiger partial charge is 0.315 e. The molecular weight excluding hydrogens is 256 g/mol. The molecule has 0 bridgehead atoms. The van der Waals surface area contributed by atoms with Crippen molar-refractivity contribution in [1.82, 2.24) is 10.2 Å². The van der Waals surface area contributed by atoms with Crippen LogP contribution in [0.2, 0.25) is 0 Å². The van der Waals surface area contributed by atoms with Gasteiger partial charge in [-0.25, -0.2) is 0 Å². The van der Waals surface area contributed by atoms with Gasteiger partial charge in [0.1, 0.15) is 0 Å². The summed E-state index contributed by atoms with van der Waals surface area (Å²) in [5.74, 6) is 0.879. The molecule has 0 spiro atoms. The Morgan fingerprint density at radius 2 is 1.90 bits per heavy atom. The summed E-state index contributed by atoms with van der Waals surface area (Å²) >= 11 is 0. The molecule has 1 aromatic carbocycles. The van der Waals surface area contributed by atoms with E-state index in [-0.39, 0.29) is 0 Å². The van der Waals surface area contributed by atoms with Crippen LogP contribution >= 0.6 is 0 Å². The maximum absolute atomic E-state index is 3.59. The van der Waals surface area contributed by atoms with Crippen LogP contribution in [0.3, 0.4) is 0 Å². The molecule has 2 nitrogen and oxygen atoms in total. The van der Waals surface area contributed by atoms with Gasteiger partial charge in [0.05, 0.1) is 0 Å². The van der Waals surface area contributed by atoms with Crippen molar-refractivity contribution in [1.29, 1.82) is 0 Å². The molecule has 0 amide bonds. The van der Waals surface area contributed by atoms with Crippen LogP contribution in [-0.4, -0.2) is 37.1 Å². The zero-order chi connectivity index (χ0) is 14.9. The Morgan fingerprint density at radius 3 is 2.57 bits per heavy atom. The van der Waals surface area contributed by atoms with Crippen LogP contribution in [0, 0.1) is 5.92 Å². The first-order chi connectivity index (χ1) is 10.3. The van der Waals surface area contributed by atoms with E-state index in [1.807, 2.05) is 0 Å². The quantitative estimate of drug-likeness (QED) is 0.733. The van der Waals surface area contributed by atoms with Gasteiger partial charge in [0.15, 0.2) is 0 Å². The average molecular weight is 288 g/mol. The van der Waals surface area contributed by atoms with E-state index in [0.29, 0.717) is 6.04 Å². The standard InChI is InChI=1S/C19H32N2/c1-3-4-12-20-16-17(2)21-13-10-19(11-14-21)15-18-8-6-5-7-9-18/h5-9,17,19-20H,3-4,10-16H2,1-2H3. The highest BCUT2D eigenvalue weighted by Crippen LogP contribution is 2.22. The molecule has 1 aromatic rings. The van der Waals surface area contributed by atoms with Gasteiger partial charge in [-0.05, 0) is 63.7 Å². The minimum Gasteiger partial charge on any atom is -0.315 e. The number of piperidine rings is 1. The highest BCUT2D eigenvalue weighted by atomic mass is 15.2. The summed E-state index contributed by atoms with van der Waals surface area (Å²) in [6.45, 7) is 9.48. The molecule has 1 heterocycles. The molecule has 0 aliphatic carbocycles. The number of hydrogen-bond acceptors (Lipinski definition) is 2. The Hall–Kier alpha value is -0.860. The molecule has 1 atom stereocenters. The second-order valence-corrected chi connectivity index (χ2v) is 6.58. The van der Waals surface area contributed by atoms with E-state index in [2.05, 4.69) is 54.4 Å². The van der Waals surface area contributed by atoms with Crippen molar-refractivity contribution in [3.8, 4) is 0 Å². The lowest BCUT2D eigenvalue weighted by atomic mass is 9.89. The van der Waals surface area contributed by atoms with Crippen molar-refractivity contribution in [2.75, 3.05) is 26.2 Å². The topological polar surface area (TPSA) is 15.3 Å². The zero-order valence-electron chi connectivity index (χ0n) is 13.9. The Morgan fingerprint density at radius 1 is 1.19 bits per heavy atom. The molecule has 118 valence electrons. The summed E-state index contributed by atoms with van der Waals surface area (Å²) in [7, 11) is 0. The number of nitrogens with one attached hydrogen (secondary N) is 1. The normalized spacial score (nSPS) is 18.8. The Kier molecular flexibility index (Phi) is 7.25. The third kappa shape index (κ3) is 5.80. The SMILES string of the molecule is CCCCNCC(C)N1CCC(Cc2ccccc2)CC1. The summed E-state index contributed by atoms with van der Waals surface area (Å²) in [4.78, 5) is 2.67. The predicted molar refractivity (Wildman–Crippen MR) is 91.7 cm³/mol. The van der Waals surface area contributed by atoms with Crippen LogP contribution in [0.5, 0.6) is 0 Å². The van der Waals surface area contributed by atoms with E-state index in [9.17, 15) is 0 Å². The first-order valence-electron chi connectivity index (χ1n) is 8.78. The fraction of sp³-hybridized carbons (Fsp3) is 0.684. The first kappa shape index (κ1) is 16.5. The highest BCUT2D eigenvalue weighted by Gasteiger charge is 2.22. The van der Waals surface area contributed by atoms with Gasteiger partial charge in [-0.3, -0.25) is 4.90 Å². The van der Waals surface area contributed by atoms with Crippen molar-refractivity contribution in [2.45, 2.75) is 52.0 Å². The van der Waals surface area contributed by atoms with Crippen molar-refractivity contribution in [3.63, 3.8) is 0 Å². The van der Waals surface area contributed by atoms with Gasteiger partial charge in [0.25, 0.3) is 0 Å². The predicted octanol–water partition coefficient (Wildman–Crippen LogP) is 3.72. The third-order valence-corrected chi connectivity index (χ3v) is 4.79. The number of unbranched alkanes of at least 4 members (excludes halogenated alkanes) is 1. The lowest BCUT2D eigenvalue weighted by Crippen LogP contribution is -2.45. The molecule has 1 aliphatic rings. The molecule has 0 radical (unpaired) electrons. The van der Waals surface area contributed by atoms with Crippen LogP contribution in [-0.2, 0) is 6.42 Å². The van der Waals surface area contributed by atoms with Crippen LogP contribution in [0.4, 0.5) is 0 Å². The summed E-state index contributed by atoms with van der Waals surface area (Å²) in [5, 5.41) is 3.59. The monoisotopic (exact) mass is 288 g/mol. The minimum absolute atomic E-state index is 0.680. The number of nitrogens with zero attached hydrogens (tertiary/aromatic N) is 1. The lowest BCUT2D eigenvalue weighted by molar-refractivity contribution is 0.139. The van der Waals surface area contributed by atoms with E-state index in [1.165, 1.54) is 57.3 Å². The summed E-state index contributed by atoms with van der Waals surface area (Å²) < 4.78 is 0. The van der Waals surface area contributed by atoms with E-state index >= 15 is 0 Å². The third-order valence-electron chi connectivity index (χ3n) is 4.79. The van der Waals surface area contributed by atoms with E-state index in [4.69, 9.17) is 0 Å². The molecule has 0 aromatic heterocycles. The van der Waals surface area contributed by atoms with Gasteiger partial charge in [0, 0.05) is 12.6 Å². The highest BCUT2D eigenvalue weighted by molar-refractivity contribution is 5.15. The summed E-state index contributed by atoms with van der Waals surface area (Å²) in [5.41, 5.74) is 1.50. The summed E-state index contributed by atoms with van der Waals surface area (Å²) in [6.07, 6.45) is 6.55. The zero-order valence-corrected chi connectivity index (χ0v) is 13.9. The molecule has 0 saturated carbocycles. The van der Waals surface area contributed by atoms with E-state index in [1.54, 1.807) is 0 Å². The van der Waals surface area contributed by atoms with Gasteiger partial charge in [-0.1, -0.05) is 43.7 Å². The molecule has 1 fully saturated rings. The number of benzene rings is 1. The average Bonchev–Trinajstić information content (AvgIpc) is 2.53. The lowest BCUT2D eigenvalue weighted by Gasteiger charge is -2.36. The molecule has 2 rings (SSSR count). The number of hydrogen-bond donors (Lipinski definition) is 1. The molecule has 2 heteroatoms. The maximum atomic E-state index is 3.59. The molecule has 1 aliphatic heterocycles. The van der Waals surface area contributed by atoms with E-state index in [0.717, 1.165) is 12.5 Å². The van der Waals surface area contributed by atoms with Gasteiger partial charge in [-0.2, -0.15) is 0 Å². The van der Waals surface area contributed by atoms with Crippen molar-refractivity contribution >= 4 is 0 Å². The number of likely N-dealkylation sites (tertiary alicyclic amines) is 1. The molecular formula is C19H32N2. The maximum Gasteiger partial charge on any atom is 0.0192 e. The second kappa shape index (κ2) is 9.22. The smallest absolute Gasteiger partial charge is 0.0192 e. The van der Waals surface area contributed by atoms with Gasteiger partial charge >= 0.3 is 0 Å². The molecule has 21 heavy (non-hydrogen) atoms. The van der Waals surface area contributed by atoms with Crippen LogP contribution in [0.15, 0.2) is 30.3 Å². The molecule has 1 saturated heterocycles. The number of rotatable bonds is 8. The Bertz CT molecular complexity index is 368. The Balaban J connectivity index is 1.65. The van der Waals surface area contributed by atoms with Crippen LogP contribution in [0.1, 0.15) is 45.1 Å². The first-order valence-corrected chi connectivity index (χ1v) is 8.78. The van der Waals surface area contributed by atoms with Gasteiger partial charge in [0.2, 0.25) is 0 Å². The Labute approximate surface area is 130 Å². The summed E-state index contributed by atoms with van der Waals surface area (Å²) in [6, 6.07) is 11.7. The second-order valence-electron chi connectivity index (χ2n) is 6.58. The van der Waals surface area contributed by atoms with Crippen molar-refractivity contribution in [2.24, 2.45) is 5.92 Å². The fourth-order valence-electron chi connectivity index (χ4n) is 3.29. The van der Waals surface area contributed by atoms with Crippen molar-refractivity contribution in [3.05, 3.63) is 35.9 Å². The van der Waals surface area contributed by atoms with Crippen molar-refractivity contribution < 1.29 is 0 Å². The van der Waals surface area contributed by atoms with Gasteiger partial charge in [-0.15, -0.1) is 0 Å². The van der Waals surface area contributed by atoms with Crippen LogP contribution < -0.4 is 5.32 Å². The molecule has 1 N–H and O–H groups in total. The molecule has 1 unspecified atom stereocenters. The van der Waals surface area contributed by atoms with Gasteiger partial charge < -0.3 is 5.32 Å². The minimum atomic E-state index is 0.680. The van der Waals surface area contributed by atoms with E-state index < -0.39 is 0 Å². The fourth-order valence-corrected chi connectivity index (χ4v) is 3.29.